The summed E-state index contributed by atoms with van der Waals surface area (Å²) in [5.41, 5.74) is 1.44. The van der Waals surface area contributed by atoms with Crippen molar-refractivity contribution in [2.24, 2.45) is 0 Å². The van der Waals surface area contributed by atoms with Gasteiger partial charge in [-0.25, -0.2) is 4.79 Å². The van der Waals surface area contributed by atoms with Crippen LogP contribution in [0.4, 0.5) is 10.5 Å². The van der Waals surface area contributed by atoms with E-state index in [2.05, 4.69) is 5.32 Å². The number of urea groups is 1. The number of benzene rings is 2. The Morgan fingerprint density at radius 1 is 1.04 bits per heavy atom. The molecular formula is C18H22N2O4. The summed E-state index contributed by atoms with van der Waals surface area (Å²) in [6.45, 7) is 0.492. The van der Waals surface area contributed by atoms with Crippen molar-refractivity contribution in [3.63, 3.8) is 0 Å². The number of rotatable bonds is 7. The Kier molecular flexibility index (Phi) is 6.45. The van der Waals surface area contributed by atoms with E-state index in [1.54, 1.807) is 18.2 Å². The second-order valence-electron chi connectivity index (χ2n) is 5.10. The van der Waals surface area contributed by atoms with Crippen LogP contribution in [-0.4, -0.2) is 43.4 Å². The first kappa shape index (κ1) is 17.6. The minimum absolute atomic E-state index is 0.122. The fourth-order valence-electron chi connectivity index (χ4n) is 2.34. The van der Waals surface area contributed by atoms with Crippen molar-refractivity contribution in [1.29, 1.82) is 0 Å². The summed E-state index contributed by atoms with van der Waals surface area (Å²) in [5.74, 6) is 1.01. The molecule has 6 heteroatoms. The molecule has 0 aliphatic carbocycles. The molecule has 24 heavy (non-hydrogen) atoms. The third-order valence-corrected chi connectivity index (χ3v) is 3.53. The third kappa shape index (κ3) is 4.39. The SMILES string of the molecule is COc1cccc(OC)c1NC(=O)N(CCO)Cc1ccccc1. The number of para-hydroxylation sites is 1. The van der Waals surface area contributed by atoms with Crippen LogP contribution in [0.25, 0.3) is 0 Å². The molecule has 0 aromatic heterocycles. The second-order valence-corrected chi connectivity index (χ2v) is 5.10. The summed E-state index contributed by atoms with van der Waals surface area (Å²) in [6, 6.07) is 14.5. The highest BCUT2D eigenvalue weighted by molar-refractivity contribution is 5.93. The molecule has 2 aromatic rings. The van der Waals surface area contributed by atoms with Gasteiger partial charge >= 0.3 is 6.03 Å². The first-order chi connectivity index (χ1) is 11.7. The average Bonchev–Trinajstić information content (AvgIpc) is 2.62. The topological polar surface area (TPSA) is 71.0 Å². The predicted molar refractivity (Wildman–Crippen MR) is 92.5 cm³/mol. The maximum Gasteiger partial charge on any atom is 0.322 e. The Bertz CT molecular complexity index is 639. The van der Waals surface area contributed by atoms with E-state index in [4.69, 9.17) is 9.47 Å². The van der Waals surface area contributed by atoms with Crippen LogP contribution in [0, 0.1) is 0 Å². The smallest absolute Gasteiger partial charge is 0.322 e. The lowest BCUT2D eigenvalue weighted by atomic mass is 10.2. The van der Waals surface area contributed by atoms with Crippen molar-refractivity contribution in [2.75, 3.05) is 32.7 Å². The number of ether oxygens (including phenoxy) is 2. The fraction of sp³-hybridized carbons (Fsp3) is 0.278. The largest absolute Gasteiger partial charge is 0.494 e. The summed E-state index contributed by atoms with van der Waals surface area (Å²) >= 11 is 0. The van der Waals surface area contributed by atoms with Gasteiger partial charge in [-0.15, -0.1) is 0 Å². The van der Waals surface area contributed by atoms with Crippen molar-refractivity contribution in [1.82, 2.24) is 4.90 Å². The standard InChI is InChI=1S/C18H22N2O4/c1-23-15-9-6-10-16(24-2)17(15)19-18(22)20(11-12-21)13-14-7-4-3-5-8-14/h3-10,21H,11-13H2,1-2H3,(H,19,22). The summed E-state index contributed by atoms with van der Waals surface area (Å²) in [4.78, 5) is 14.2. The number of hydrogen-bond donors (Lipinski definition) is 2. The molecule has 0 bridgehead atoms. The predicted octanol–water partition coefficient (Wildman–Crippen LogP) is 2.73. The van der Waals surface area contributed by atoms with Crippen molar-refractivity contribution in [2.45, 2.75) is 6.54 Å². The van der Waals surface area contributed by atoms with Crippen LogP contribution < -0.4 is 14.8 Å². The second kappa shape index (κ2) is 8.79. The van der Waals surface area contributed by atoms with Gasteiger partial charge in [-0.3, -0.25) is 0 Å². The number of aliphatic hydroxyl groups is 1. The molecule has 0 saturated carbocycles. The van der Waals surface area contributed by atoms with Crippen molar-refractivity contribution in [3.05, 3.63) is 54.1 Å². The molecular weight excluding hydrogens is 308 g/mol. The van der Waals surface area contributed by atoms with Crippen molar-refractivity contribution in [3.8, 4) is 11.5 Å². The lowest BCUT2D eigenvalue weighted by molar-refractivity contribution is 0.185. The minimum atomic E-state index is -0.337. The number of aliphatic hydroxyl groups excluding tert-OH is 1. The van der Waals surface area contributed by atoms with Gasteiger partial charge in [0.15, 0.2) is 0 Å². The lowest BCUT2D eigenvalue weighted by Crippen LogP contribution is -2.36. The molecule has 0 heterocycles. The number of amides is 2. The van der Waals surface area contributed by atoms with Crippen LogP contribution in [0.15, 0.2) is 48.5 Å². The van der Waals surface area contributed by atoms with Gasteiger partial charge in [0.25, 0.3) is 0 Å². The molecule has 0 fully saturated rings. The number of carbonyl (C=O) groups excluding carboxylic acids is 1. The van der Waals surface area contributed by atoms with Gasteiger partial charge in [-0.05, 0) is 17.7 Å². The Labute approximate surface area is 141 Å². The third-order valence-electron chi connectivity index (χ3n) is 3.53. The van der Waals surface area contributed by atoms with Gasteiger partial charge in [0.1, 0.15) is 17.2 Å². The maximum absolute atomic E-state index is 12.6. The van der Waals surface area contributed by atoms with Crippen LogP contribution in [0.3, 0.4) is 0 Å². The van der Waals surface area contributed by atoms with E-state index < -0.39 is 0 Å². The maximum atomic E-state index is 12.6. The van der Waals surface area contributed by atoms with Gasteiger partial charge < -0.3 is 24.8 Å². The summed E-state index contributed by atoms with van der Waals surface area (Å²) in [7, 11) is 3.06. The molecule has 2 aromatic carbocycles. The van der Waals surface area contributed by atoms with Gasteiger partial charge in [-0.2, -0.15) is 0 Å². The molecule has 2 N–H and O–H groups in total. The summed E-state index contributed by atoms with van der Waals surface area (Å²) < 4.78 is 10.6. The van der Waals surface area contributed by atoms with Crippen LogP contribution in [0.1, 0.15) is 5.56 Å². The number of anilines is 1. The molecule has 0 radical (unpaired) electrons. The monoisotopic (exact) mass is 330 g/mol. The number of nitrogens with one attached hydrogen (secondary N) is 1. The number of carbonyl (C=O) groups is 1. The van der Waals surface area contributed by atoms with Crippen LogP contribution in [-0.2, 0) is 6.54 Å². The number of hydrogen-bond acceptors (Lipinski definition) is 4. The van der Waals surface area contributed by atoms with E-state index in [0.717, 1.165) is 5.56 Å². The van der Waals surface area contributed by atoms with E-state index in [1.165, 1.54) is 19.1 Å². The average molecular weight is 330 g/mol. The molecule has 128 valence electrons. The van der Waals surface area contributed by atoms with E-state index in [0.29, 0.717) is 23.7 Å². The Hall–Kier alpha value is -2.73. The zero-order valence-electron chi connectivity index (χ0n) is 13.9. The first-order valence-corrected chi connectivity index (χ1v) is 7.61. The van der Waals surface area contributed by atoms with E-state index >= 15 is 0 Å². The highest BCUT2D eigenvalue weighted by Gasteiger charge is 2.18. The lowest BCUT2D eigenvalue weighted by Gasteiger charge is -2.23. The fourth-order valence-corrected chi connectivity index (χ4v) is 2.34. The van der Waals surface area contributed by atoms with E-state index in [9.17, 15) is 9.90 Å². The zero-order valence-corrected chi connectivity index (χ0v) is 13.9. The Balaban J connectivity index is 2.19. The summed E-state index contributed by atoms with van der Waals surface area (Å²) in [5, 5.41) is 12.1. The van der Waals surface area contributed by atoms with Gasteiger partial charge in [0.05, 0.1) is 20.8 Å². The Morgan fingerprint density at radius 2 is 1.67 bits per heavy atom. The number of nitrogens with zero attached hydrogens (tertiary/aromatic N) is 1. The summed E-state index contributed by atoms with van der Waals surface area (Å²) in [6.07, 6.45) is 0. The molecule has 0 atom stereocenters. The number of methoxy groups -OCH3 is 2. The van der Waals surface area contributed by atoms with Crippen LogP contribution >= 0.6 is 0 Å². The zero-order chi connectivity index (χ0) is 17.4. The van der Waals surface area contributed by atoms with E-state index in [-0.39, 0.29) is 19.2 Å². The molecule has 0 aliphatic heterocycles. The molecule has 0 aliphatic rings. The van der Waals surface area contributed by atoms with Gasteiger partial charge in [-0.1, -0.05) is 36.4 Å². The van der Waals surface area contributed by atoms with E-state index in [1.807, 2.05) is 30.3 Å². The Morgan fingerprint density at radius 3 is 2.21 bits per heavy atom. The quantitative estimate of drug-likeness (QED) is 0.819. The highest BCUT2D eigenvalue weighted by Crippen LogP contribution is 2.34. The minimum Gasteiger partial charge on any atom is -0.494 e. The first-order valence-electron chi connectivity index (χ1n) is 7.61. The normalized spacial score (nSPS) is 10.1. The molecule has 6 nitrogen and oxygen atoms in total. The molecule has 0 unspecified atom stereocenters. The molecule has 2 rings (SSSR count). The van der Waals surface area contributed by atoms with Crippen molar-refractivity contribution < 1.29 is 19.4 Å². The molecule has 0 spiro atoms. The molecule has 2 amide bonds. The molecule has 0 saturated heterocycles. The van der Waals surface area contributed by atoms with Crippen LogP contribution in [0.5, 0.6) is 11.5 Å². The van der Waals surface area contributed by atoms with Gasteiger partial charge in [0.2, 0.25) is 0 Å². The van der Waals surface area contributed by atoms with Gasteiger partial charge in [0, 0.05) is 13.1 Å². The van der Waals surface area contributed by atoms with Crippen LogP contribution in [0.2, 0.25) is 0 Å². The van der Waals surface area contributed by atoms with Crippen molar-refractivity contribution >= 4 is 11.7 Å². The highest BCUT2D eigenvalue weighted by atomic mass is 16.5.